The van der Waals surface area contributed by atoms with E-state index in [0.717, 1.165) is 64.2 Å². The van der Waals surface area contributed by atoms with Crippen molar-refractivity contribution in [2.75, 3.05) is 26.4 Å². The fourth-order valence-electron chi connectivity index (χ4n) is 15.5. The quantitative estimate of drug-likeness (QED) is 0.206. The van der Waals surface area contributed by atoms with E-state index in [4.69, 9.17) is 23.7 Å². The maximum atomic E-state index is 14.4. The summed E-state index contributed by atoms with van der Waals surface area (Å²) in [6, 6.07) is 0. The predicted octanol–water partition coefficient (Wildman–Crippen LogP) is 4.17. The van der Waals surface area contributed by atoms with Crippen molar-refractivity contribution in [2.24, 2.45) is 63.1 Å². The van der Waals surface area contributed by atoms with E-state index in [1.165, 1.54) is 0 Å². The number of carbonyl (C=O) groups is 4. The van der Waals surface area contributed by atoms with Crippen molar-refractivity contribution >= 4 is 23.9 Å². The highest BCUT2D eigenvalue weighted by Crippen LogP contribution is 2.67. The van der Waals surface area contributed by atoms with Gasteiger partial charge in [-0.3, -0.25) is 9.59 Å². The van der Waals surface area contributed by atoms with E-state index >= 15 is 0 Å². The summed E-state index contributed by atoms with van der Waals surface area (Å²) in [6.45, 7) is 5.60. The molecule has 0 amide bonds. The number of carbonyl (C=O) groups excluding carboxylic acids is 4. The number of ether oxygens (including phenoxy) is 5. The summed E-state index contributed by atoms with van der Waals surface area (Å²) in [5.74, 6) is -1.54. The van der Waals surface area contributed by atoms with Crippen LogP contribution in [0.5, 0.6) is 0 Å². The molecule has 13 rings (SSSR count). The zero-order valence-corrected chi connectivity index (χ0v) is 31.1. The Morgan fingerprint density at radius 3 is 1.66 bits per heavy atom. The lowest BCUT2D eigenvalue weighted by atomic mass is 9.47. The Bertz CT molecular complexity index is 1590. The third-order valence-corrected chi connectivity index (χ3v) is 16.5. The number of hydrogen-bond donors (Lipinski definition) is 1. The van der Waals surface area contributed by atoms with E-state index in [-0.39, 0.29) is 62.0 Å². The van der Waals surface area contributed by atoms with Crippen molar-refractivity contribution in [1.29, 1.82) is 0 Å². The molecule has 6 atom stereocenters. The Labute approximate surface area is 311 Å². The van der Waals surface area contributed by atoms with E-state index in [9.17, 15) is 29.4 Å². The first kappa shape index (κ1) is 35.0. The molecule has 1 spiro atoms. The van der Waals surface area contributed by atoms with Gasteiger partial charge in [0.15, 0.2) is 5.79 Å². The van der Waals surface area contributed by atoms with Crippen molar-refractivity contribution in [3.05, 3.63) is 12.2 Å². The largest absolute Gasteiger partial charge is 0.550 e. The average Bonchev–Trinajstić information content (AvgIpc) is 3.07. The second-order valence-corrected chi connectivity index (χ2v) is 20.9. The molecule has 12 bridgehead atoms. The summed E-state index contributed by atoms with van der Waals surface area (Å²) in [6.07, 6.45) is 12.1. The van der Waals surface area contributed by atoms with Crippen LogP contribution in [0.15, 0.2) is 12.2 Å². The van der Waals surface area contributed by atoms with Crippen molar-refractivity contribution in [3.63, 3.8) is 0 Å². The first-order chi connectivity index (χ1) is 25.1. The Morgan fingerprint density at radius 1 is 0.679 bits per heavy atom. The molecular weight excluding hydrogens is 680 g/mol. The first-order valence-electron chi connectivity index (χ1n) is 20.5. The van der Waals surface area contributed by atoms with E-state index in [1.54, 1.807) is 6.92 Å². The monoisotopic (exact) mass is 735 g/mol. The van der Waals surface area contributed by atoms with Crippen LogP contribution in [0.25, 0.3) is 0 Å². The SMILES string of the molecule is C=C(C)C(=O)OC12CC3CC(C1)CC(C(=O)OCC1(COC(=O)C45CC6CC(CC(O)(C6)C4)C5)COC4(OC1)C1CC5CC4CC(C(=O)[O-])(C5)C1)(C3)C2. The van der Waals surface area contributed by atoms with Crippen molar-refractivity contribution in [1.82, 2.24) is 0 Å². The lowest BCUT2D eigenvalue weighted by Gasteiger charge is -2.66. The van der Waals surface area contributed by atoms with Gasteiger partial charge in [-0.05, 0) is 139 Å². The fourth-order valence-corrected chi connectivity index (χ4v) is 15.5. The van der Waals surface area contributed by atoms with Gasteiger partial charge in [-0.15, -0.1) is 0 Å². The molecular formula is C42H55O11-. The molecule has 1 aliphatic heterocycles. The van der Waals surface area contributed by atoms with Crippen LogP contribution >= 0.6 is 0 Å². The van der Waals surface area contributed by atoms with E-state index in [2.05, 4.69) is 6.58 Å². The van der Waals surface area contributed by atoms with Crippen LogP contribution in [0.1, 0.15) is 116 Å². The summed E-state index contributed by atoms with van der Waals surface area (Å²) in [4.78, 5) is 53.6. The van der Waals surface area contributed by atoms with E-state index in [0.29, 0.717) is 68.3 Å². The first-order valence-corrected chi connectivity index (χ1v) is 20.5. The van der Waals surface area contributed by atoms with Gasteiger partial charge in [0.25, 0.3) is 0 Å². The molecule has 0 radical (unpaired) electrons. The standard InChI is InChI=1S/C42H56O11/c1-24(2)32(43)53-41-14-28-4-29(15-41)11-39(10-28,19-41)35(47)50-21-36(20-49-34(46)38-8-26-3-27(9-38)13-40(48,12-26)18-38)22-51-42(52-23-36)30-5-25-6-31(42)17-37(7-25,16-30)33(44)45/h25-31,48H,1,3-23H2,2H3,(H,44,45)/p-1. The highest BCUT2D eigenvalue weighted by Gasteiger charge is 2.68. The fraction of sp³-hybridized carbons (Fsp3) is 0.857. The number of esters is 3. The van der Waals surface area contributed by atoms with Crippen LogP contribution in [-0.4, -0.2) is 72.4 Å². The molecule has 13 aliphatic rings. The molecule has 11 heteroatoms. The minimum atomic E-state index is -0.969. The van der Waals surface area contributed by atoms with E-state index < -0.39 is 50.6 Å². The predicted molar refractivity (Wildman–Crippen MR) is 183 cm³/mol. The van der Waals surface area contributed by atoms with Gasteiger partial charge in [-0.1, -0.05) is 6.58 Å². The van der Waals surface area contributed by atoms with Crippen LogP contribution in [0.4, 0.5) is 0 Å². The molecule has 12 aliphatic carbocycles. The molecule has 0 aromatic carbocycles. The summed E-state index contributed by atoms with van der Waals surface area (Å²) in [5.41, 5.74) is -4.42. The molecule has 11 nitrogen and oxygen atoms in total. The number of aliphatic carboxylic acids is 1. The van der Waals surface area contributed by atoms with Gasteiger partial charge in [0.1, 0.15) is 18.8 Å². The summed E-state index contributed by atoms with van der Waals surface area (Å²) < 4.78 is 32.3. The summed E-state index contributed by atoms with van der Waals surface area (Å²) in [5, 5.41) is 23.7. The van der Waals surface area contributed by atoms with Crippen LogP contribution < -0.4 is 5.11 Å². The second-order valence-electron chi connectivity index (χ2n) is 20.9. The zero-order valence-electron chi connectivity index (χ0n) is 31.1. The number of rotatable bonds is 9. The van der Waals surface area contributed by atoms with Gasteiger partial charge in [0, 0.05) is 35.2 Å². The minimum absolute atomic E-state index is 0.0515. The Hall–Kier alpha value is -2.50. The number of carboxylic acids is 1. The Kier molecular flexibility index (Phi) is 7.45. The molecule has 0 aromatic heterocycles. The lowest BCUT2D eigenvalue weighted by molar-refractivity contribution is -0.399. The highest BCUT2D eigenvalue weighted by atomic mass is 16.7. The van der Waals surface area contributed by atoms with E-state index in [1.807, 2.05) is 0 Å². The molecule has 12 saturated carbocycles. The van der Waals surface area contributed by atoms with Gasteiger partial charge in [0.05, 0.1) is 35.1 Å². The topological polar surface area (TPSA) is 158 Å². The van der Waals surface area contributed by atoms with Gasteiger partial charge in [-0.2, -0.15) is 0 Å². The smallest absolute Gasteiger partial charge is 0.333 e. The molecule has 1 heterocycles. The molecule has 13 fully saturated rings. The van der Waals surface area contributed by atoms with Crippen LogP contribution in [-0.2, 0) is 42.9 Å². The average molecular weight is 736 g/mol. The third-order valence-electron chi connectivity index (χ3n) is 16.5. The molecule has 1 N–H and O–H groups in total. The van der Waals surface area contributed by atoms with Crippen LogP contribution in [0, 0.1) is 63.1 Å². The van der Waals surface area contributed by atoms with Gasteiger partial charge >= 0.3 is 17.9 Å². The normalized spacial score (nSPS) is 52.1. The molecule has 6 unspecified atom stereocenters. The van der Waals surface area contributed by atoms with Crippen molar-refractivity contribution in [3.8, 4) is 0 Å². The Morgan fingerprint density at radius 2 is 1.17 bits per heavy atom. The van der Waals surface area contributed by atoms with Crippen LogP contribution in [0.2, 0.25) is 0 Å². The lowest BCUT2D eigenvalue weighted by Crippen LogP contribution is -2.69. The maximum absolute atomic E-state index is 14.4. The van der Waals surface area contributed by atoms with Crippen molar-refractivity contribution in [2.45, 2.75) is 133 Å². The highest BCUT2D eigenvalue weighted by molar-refractivity contribution is 5.87. The van der Waals surface area contributed by atoms with Gasteiger partial charge in [0.2, 0.25) is 0 Å². The molecule has 53 heavy (non-hydrogen) atoms. The van der Waals surface area contributed by atoms with Gasteiger partial charge in [-0.25, -0.2) is 4.79 Å². The molecule has 0 aromatic rings. The molecule has 290 valence electrons. The summed E-state index contributed by atoms with van der Waals surface area (Å²) >= 11 is 0. The number of hydrogen-bond acceptors (Lipinski definition) is 11. The van der Waals surface area contributed by atoms with Crippen LogP contribution in [0.3, 0.4) is 0 Å². The number of carboxylic acid groups (broad SMARTS) is 1. The van der Waals surface area contributed by atoms with Crippen molar-refractivity contribution < 1.29 is 53.1 Å². The third kappa shape index (κ3) is 5.28. The maximum Gasteiger partial charge on any atom is 0.333 e. The number of aliphatic hydroxyl groups is 1. The molecule has 1 saturated heterocycles. The van der Waals surface area contributed by atoms with Gasteiger partial charge < -0.3 is 38.7 Å². The zero-order chi connectivity index (χ0) is 36.8. The Balaban J connectivity index is 0.886. The second kappa shape index (κ2) is 11.3. The minimum Gasteiger partial charge on any atom is -0.550 e. The summed E-state index contributed by atoms with van der Waals surface area (Å²) in [7, 11) is 0.